The van der Waals surface area contributed by atoms with Crippen LogP contribution >= 0.6 is 0 Å². The Morgan fingerprint density at radius 3 is 2.52 bits per heavy atom. The van der Waals surface area contributed by atoms with Crippen molar-refractivity contribution < 1.29 is 19.1 Å². The first-order chi connectivity index (χ1) is 12.0. The molecule has 25 heavy (non-hydrogen) atoms. The Balaban J connectivity index is 1.61. The van der Waals surface area contributed by atoms with Crippen LogP contribution in [0.3, 0.4) is 0 Å². The Morgan fingerprint density at radius 2 is 1.88 bits per heavy atom. The highest BCUT2D eigenvalue weighted by molar-refractivity contribution is 5.80. The number of amides is 1. The summed E-state index contributed by atoms with van der Waals surface area (Å²) in [6.07, 6.45) is 5.55. The minimum absolute atomic E-state index is 0.121. The van der Waals surface area contributed by atoms with E-state index in [2.05, 4.69) is 5.32 Å². The molecule has 0 unspecified atom stereocenters. The number of hydrogen-bond acceptors (Lipinski definition) is 3. The van der Waals surface area contributed by atoms with Crippen molar-refractivity contribution in [3.05, 3.63) is 35.6 Å². The number of carbonyl (C=O) groups excluding carboxylic acids is 1. The fraction of sp³-hybridized carbons (Fsp3) is 0.579. The number of halogens is 1. The Morgan fingerprint density at radius 1 is 1.20 bits per heavy atom. The molecule has 0 spiro atoms. The molecule has 1 aromatic rings. The van der Waals surface area contributed by atoms with Gasteiger partial charge in [0.25, 0.3) is 0 Å². The van der Waals surface area contributed by atoms with E-state index in [-0.39, 0.29) is 23.7 Å². The lowest BCUT2D eigenvalue weighted by atomic mass is 9.79. The van der Waals surface area contributed by atoms with Gasteiger partial charge in [0.1, 0.15) is 11.9 Å². The predicted molar refractivity (Wildman–Crippen MR) is 91.8 cm³/mol. The van der Waals surface area contributed by atoms with Gasteiger partial charge < -0.3 is 10.4 Å². The summed E-state index contributed by atoms with van der Waals surface area (Å²) in [6, 6.07) is 6.02. The predicted octanol–water partition coefficient (Wildman–Crippen LogP) is 2.30. The summed E-state index contributed by atoms with van der Waals surface area (Å²) in [6.45, 7) is 1.28. The minimum atomic E-state index is -0.858. The number of nitrogens with one attached hydrogen (secondary N) is 1. The van der Waals surface area contributed by atoms with Gasteiger partial charge in [-0.1, -0.05) is 25.0 Å². The smallest absolute Gasteiger partial charge is 0.320 e. The molecule has 1 saturated heterocycles. The van der Waals surface area contributed by atoms with Gasteiger partial charge in [-0.3, -0.25) is 14.5 Å². The summed E-state index contributed by atoms with van der Waals surface area (Å²) in [5.74, 6) is -1.25. The van der Waals surface area contributed by atoms with Crippen LogP contribution in [-0.2, 0) is 15.0 Å². The van der Waals surface area contributed by atoms with Crippen LogP contribution in [0.2, 0.25) is 0 Å². The summed E-state index contributed by atoms with van der Waals surface area (Å²) in [7, 11) is 0. The van der Waals surface area contributed by atoms with Gasteiger partial charge in [-0.2, -0.15) is 0 Å². The molecule has 0 radical (unpaired) electrons. The molecule has 1 heterocycles. The minimum Gasteiger partial charge on any atom is -0.480 e. The molecule has 1 aliphatic heterocycles. The molecule has 1 aromatic carbocycles. The van der Waals surface area contributed by atoms with Crippen molar-refractivity contribution in [3.63, 3.8) is 0 Å². The quantitative estimate of drug-likeness (QED) is 0.828. The molecule has 136 valence electrons. The Labute approximate surface area is 147 Å². The van der Waals surface area contributed by atoms with E-state index < -0.39 is 12.0 Å². The van der Waals surface area contributed by atoms with E-state index in [0.717, 1.165) is 37.7 Å². The second-order valence-corrected chi connectivity index (χ2v) is 7.24. The van der Waals surface area contributed by atoms with Gasteiger partial charge in [-0.15, -0.1) is 0 Å². The number of hydrogen-bond donors (Lipinski definition) is 2. The van der Waals surface area contributed by atoms with Crippen molar-refractivity contribution in [2.24, 2.45) is 0 Å². The number of rotatable bonds is 6. The number of carboxylic acid groups (broad SMARTS) is 1. The van der Waals surface area contributed by atoms with Crippen molar-refractivity contribution in [3.8, 4) is 0 Å². The molecular formula is C19H25FN2O3. The molecule has 1 atom stereocenters. The van der Waals surface area contributed by atoms with Crippen LogP contribution < -0.4 is 5.32 Å². The van der Waals surface area contributed by atoms with E-state index in [9.17, 15) is 19.1 Å². The molecule has 3 rings (SSSR count). The zero-order valence-electron chi connectivity index (χ0n) is 14.3. The first kappa shape index (κ1) is 17.9. The van der Waals surface area contributed by atoms with Crippen LogP contribution in [0.15, 0.2) is 24.3 Å². The molecule has 1 saturated carbocycles. The third-order valence-electron chi connectivity index (χ3n) is 5.64. The van der Waals surface area contributed by atoms with Gasteiger partial charge in [-0.05, 0) is 49.9 Å². The first-order valence-corrected chi connectivity index (χ1v) is 9.00. The molecule has 0 bridgehead atoms. The van der Waals surface area contributed by atoms with Crippen LogP contribution in [-0.4, -0.2) is 47.6 Å². The van der Waals surface area contributed by atoms with E-state index in [0.29, 0.717) is 19.5 Å². The molecule has 1 amide bonds. The maximum absolute atomic E-state index is 13.2. The van der Waals surface area contributed by atoms with E-state index >= 15 is 0 Å². The second-order valence-electron chi connectivity index (χ2n) is 7.24. The summed E-state index contributed by atoms with van der Waals surface area (Å²) < 4.78 is 13.2. The lowest BCUT2D eigenvalue weighted by molar-refractivity contribution is -0.142. The fourth-order valence-corrected chi connectivity index (χ4v) is 4.23. The maximum Gasteiger partial charge on any atom is 0.320 e. The van der Waals surface area contributed by atoms with Gasteiger partial charge >= 0.3 is 5.97 Å². The first-order valence-electron chi connectivity index (χ1n) is 9.00. The van der Waals surface area contributed by atoms with Gasteiger partial charge in [0.15, 0.2) is 0 Å². The molecule has 6 heteroatoms. The number of carboxylic acids is 1. The summed E-state index contributed by atoms with van der Waals surface area (Å²) in [4.78, 5) is 25.3. The molecule has 0 aromatic heterocycles. The zero-order chi connectivity index (χ0) is 17.9. The topological polar surface area (TPSA) is 69.6 Å². The molecule has 2 N–H and O–H groups in total. The summed E-state index contributed by atoms with van der Waals surface area (Å²) in [5, 5.41) is 12.2. The number of nitrogens with zero attached hydrogens (tertiary/aromatic N) is 1. The van der Waals surface area contributed by atoms with Gasteiger partial charge in [0.2, 0.25) is 5.91 Å². The molecular weight excluding hydrogens is 323 g/mol. The van der Waals surface area contributed by atoms with Gasteiger partial charge in [0.05, 0.1) is 6.54 Å². The highest BCUT2D eigenvalue weighted by Crippen LogP contribution is 2.40. The number of carbonyl (C=O) groups is 2. The average molecular weight is 348 g/mol. The van der Waals surface area contributed by atoms with E-state index in [1.807, 2.05) is 12.1 Å². The van der Waals surface area contributed by atoms with Crippen LogP contribution in [0.1, 0.15) is 44.1 Å². The SMILES string of the molecule is O=C(CN1CCC[C@@H]1C(=O)O)NCC1(c2ccc(F)cc2)CCCC1. The summed E-state index contributed by atoms with van der Waals surface area (Å²) in [5.41, 5.74) is 0.928. The van der Waals surface area contributed by atoms with E-state index in [1.165, 1.54) is 12.1 Å². The standard InChI is InChI=1S/C19H25FN2O3/c20-15-7-5-14(6-8-15)19(9-1-2-10-19)13-21-17(23)12-22-11-3-4-16(22)18(24)25/h5-8,16H,1-4,9-13H2,(H,21,23)(H,24,25)/t16-/m1/s1. The van der Waals surface area contributed by atoms with Crippen molar-refractivity contribution in [1.82, 2.24) is 10.2 Å². The summed E-state index contributed by atoms with van der Waals surface area (Å²) >= 11 is 0. The Hall–Kier alpha value is -1.95. The average Bonchev–Trinajstić information content (AvgIpc) is 3.23. The third kappa shape index (κ3) is 4.00. The van der Waals surface area contributed by atoms with Gasteiger partial charge in [-0.25, -0.2) is 4.39 Å². The molecule has 5 nitrogen and oxygen atoms in total. The van der Waals surface area contributed by atoms with Crippen LogP contribution in [0, 0.1) is 5.82 Å². The number of benzene rings is 1. The van der Waals surface area contributed by atoms with Crippen LogP contribution in [0.25, 0.3) is 0 Å². The van der Waals surface area contributed by atoms with Crippen LogP contribution in [0.5, 0.6) is 0 Å². The molecule has 2 aliphatic rings. The number of likely N-dealkylation sites (tertiary alicyclic amines) is 1. The molecule has 2 fully saturated rings. The largest absolute Gasteiger partial charge is 0.480 e. The van der Waals surface area contributed by atoms with Crippen molar-refractivity contribution in [2.45, 2.75) is 50.0 Å². The zero-order valence-corrected chi connectivity index (χ0v) is 14.3. The van der Waals surface area contributed by atoms with Crippen molar-refractivity contribution >= 4 is 11.9 Å². The Kier molecular flexibility index (Phi) is 5.37. The third-order valence-corrected chi connectivity index (χ3v) is 5.64. The van der Waals surface area contributed by atoms with Crippen molar-refractivity contribution in [2.75, 3.05) is 19.6 Å². The normalized spacial score (nSPS) is 22.8. The lowest BCUT2D eigenvalue weighted by Gasteiger charge is -2.30. The van der Waals surface area contributed by atoms with E-state index in [4.69, 9.17) is 0 Å². The Bertz CT molecular complexity index is 626. The van der Waals surface area contributed by atoms with Gasteiger partial charge in [0, 0.05) is 12.0 Å². The maximum atomic E-state index is 13.2. The fourth-order valence-electron chi connectivity index (χ4n) is 4.23. The lowest BCUT2D eigenvalue weighted by Crippen LogP contribution is -2.46. The highest BCUT2D eigenvalue weighted by atomic mass is 19.1. The number of aliphatic carboxylic acids is 1. The highest BCUT2D eigenvalue weighted by Gasteiger charge is 2.37. The van der Waals surface area contributed by atoms with Crippen LogP contribution in [0.4, 0.5) is 4.39 Å². The molecule has 1 aliphatic carbocycles. The van der Waals surface area contributed by atoms with Crippen molar-refractivity contribution in [1.29, 1.82) is 0 Å². The second kappa shape index (κ2) is 7.52. The monoisotopic (exact) mass is 348 g/mol. The van der Waals surface area contributed by atoms with E-state index in [1.54, 1.807) is 4.90 Å².